The van der Waals surface area contributed by atoms with Gasteiger partial charge in [-0.3, -0.25) is 4.79 Å². The topological polar surface area (TPSA) is 49.3 Å². The highest BCUT2D eigenvalue weighted by Crippen LogP contribution is 2.32. The van der Waals surface area contributed by atoms with Crippen molar-refractivity contribution in [1.82, 2.24) is 0 Å². The number of carbonyl (C=O) groups is 1. The summed E-state index contributed by atoms with van der Waals surface area (Å²) in [4.78, 5) is 13.7. The van der Waals surface area contributed by atoms with Crippen molar-refractivity contribution in [2.75, 3.05) is 5.32 Å². The van der Waals surface area contributed by atoms with E-state index in [0.717, 1.165) is 24.8 Å². The highest BCUT2D eigenvalue weighted by molar-refractivity contribution is 7.10. The number of benzene rings is 1. The number of rotatable bonds is 2. The molecule has 1 aromatic carbocycles. The van der Waals surface area contributed by atoms with Crippen LogP contribution >= 0.6 is 22.9 Å². The number of halogens is 1. The smallest absolute Gasteiger partial charge is 0.256 e. The normalized spacial score (nSPS) is 13.8. The quantitative estimate of drug-likeness (QED) is 0.815. The van der Waals surface area contributed by atoms with E-state index in [1.165, 1.54) is 22.9 Å². The Morgan fingerprint density at radius 3 is 2.95 bits per heavy atom. The molecule has 0 aliphatic heterocycles. The van der Waals surface area contributed by atoms with Crippen LogP contribution in [0.4, 0.5) is 5.69 Å². The molecule has 0 unspecified atom stereocenters. The van der Waals surface area contributed by atoms with Gasteiger partial charge in [-0.25, -0.2) is 0 Å². The number of phenols is 1. The molecule has 2 N–H and O–H groups in total. The maximum Gasteiger partial charge on any atom is 0.256 e. The summed E-state index contributed by atoms with van der Waals surface area (Å²) in [7, 11) is 0. The van der Waals surface area contributed by atoms with Crippen molar-refractivity contribution in [2.45, 2.75) is 25.7 Å². The molecule has 0 spiro atoms. The lowest BCUT2D eigenvalue weighted by molar-refractivity contribution is 0.102. The number of aryl methyl sites for hydroxylation is 1. The maximum atomic E-state index is 12.4. The van der Waals surface area contributed by atoms with Crippen molar-refractivity contribution in [2.24, 2.45) is 0 Å². The highest BCUT2D eigenvalue weighted by Gasteiger charge is 2.20. The standard InChI is InChI=1S/C15H14ClNO2S/c16-9-5-6-13(18)12(7-9)17-15(19)11-8-20-14-4-2-1-3-10(11)14/h5-8,18H,1-4H2,(H,17,19). The molecular formula is C15H14ClNO2S. The van der Waals surface area contributed by atoms with E-state index in [2.05, 4.69) is 5.32 Å². The minimum absolute atomic E-state index is 0.0202. The lowest BCUT2D eigenvalue weighted by Gasteiger charge is -2.13. The zero-order valence-corrected chi connectivity index (χ0v) is 12.4. The summed E-state index contributed by atoms with van der Waals surface area (Å²) in [5, 5.41) is 14.9. The zero-order chi connectivity index (χ0) is 14.1. The summed E-state index contributed by atoms with van der Waals surface area (Å²) < 4.78 is 0. The Morgan fingerprint density at radius 2 is 2.10 bits per heavy atom. The Labute approximate surface area is 126 Å². The maximum absolute atomic E-state index is 12.4. The molecule has 1 aliphatic rings. The van der Waals surface area contributed by atoms with E-state index in [9.17, 15) is 9.90 Å². The van der Waals surface area contributed by atoms with Crippen LogP contribution < -0.4 is 5.32 Å². The molecule has 0 radical (unpaired) electrons. The number of thiophene rings is 1. The second-order valence-electron chi connectivity index (χ2n) is 4.87. The van der Waals surface area contributed by atoms with Crippen molar-refractivity contribution in [3.63, 3.8) is 0 Å². The minimum Gasteiger partial charge on any atom is -0.506 e. The van der Waals surface area contributed by atoms with Crippen LogP contribution in [0.5, 0.6) is 5.75 Å². The number of aromatic hydroxyl groups is 1. The van der Waals surface area contributed by atoms with Gasteiger partial charge in [-0.05, 0) is 49.4 Å². The van der Waals surface area contributed by atoms with Crippen molar-refractivity contribution >= 4 is 34.5 Å². The van der Waals surface area contributed by atoms with E-state index in [0.29, 0.717) is 10.7 Å². The van der Waals surface area contributed by atoms with Gasteiger partial charge in [-0.2, -0.15) is 0 Å². The van der Waals surface area contributed by atoms with Crippen LogP contribution in [0.2, 0.25) is 5.02 Å². The number of fused-ring (bicyclic) bond motifs is 1. The number of phenolic OH excluding ortho intramolecular Hbond substituents is 1. The number of nitrogens with one attached hydrogen (secondary N) is 1. The van der Waals surface area contributed by atoms with Crippen molar-refractivity contribution < 1.29 is 9.90 Å². The Bertz CT molecular complexity index is 666. The van der Waals surface area contributed by atoms with Gasteiger partial charge in [0.05, 0.1) is 11.3 Å². The van der Waals surface area contributed by atoms with Gasteiger partial charge in [0.15, 0.2) is 0 Å². The third-order valence-corrected chi connectivity index (χ3v) is 4.84. The second-order valence-corrected chi connectivity index (χ2v) is 6.27. The van der Waals surface area contributed by atoms with E-state index in [1.54, 1.807) is 23.5 Å². The molecular weight excluding hydrogens is 294 g/mol. The zero-order valence-electron chi connectivity index (χ0n) is 10.8. The predicted molar refractivity (Wildman–Crippen MR) is 82.0 cm³/mol. The lowest BCUT2D eigenvalue weighted by atomic mass is 9.95. The van der Waals surface area contributed by atoms with Crippen LogP contribution in [0.3, 0.4) is 0 Å². The summed E-state index contributed by atoms with van der Waals surface area (Å²) in [5.74, 6) is -0.159. The third kappa shape index (κ3) is 2.53. The number of hydrogen-bond acceptors (Lipinski definition) is 3. The molecule has 0 atom stereocenters. The summed E-state index contributed by atoms with van der Waals surface area (Å²) in [6, 6.07) is 4.60. The summed E-state index contributed by atoms with van der Waals surface area (Å²) in [6.45, 7) is 0. The Hall–Kier alpha value is -1.52. The van der Waals surface area contributed by atoms with Gasteiger partial charge in [0.1, 0.15) is 5.75 Å². The van der Waals surface area contributed by atoms with Crippen molar-refractivity contribution in [3.05, 3.63) is 44.6 Å². The molecule has 5 heteroatoms. The number of hydrogen-bond donors (Lipinski definition) is 2. The molecule has 3 rings (SSSR count). The fourth-order valence-electron chi connectivity index (χ4n) is 2.48. The lowest BCUT2D eigenvalue weighted by Crippen LogP contribution is -2.14. The first-order valence-electron chi connectivity index (χ1n) is 6.54. The van der Waals surface area contributed by atoms with Gasteiger partial charge < -0.3 is 10.4 Å². The monoisotopic (exact) mass is 307 g/mol. The van der Waals surface area contributed by atoms with Crippen LogP contribution in [0.25, 0.3) is 0 Å². The highest BCUT2D eigenvalue weighted by atomic mass is 35.5. The average molecular weight is 308 g/mol. The Morgan fingerprint density at radius 1 is 1.30 bits per heavy atom. The summed E-state index contributed by atoms with van der Waals surface area (Å²) in [5.41, 5.74) is 2.24. The first-order chi connectivity index (χ1) is 9.65. The predicted octanol–water partition coefficient (Wildman–Crippen LogP) is 4.24. The Kier molecular flexibility index (Phi) is 3.68. The fourth-order valence-corrected chi connectivity index (χ4v) is 3.78. The first-order valence-corrected chi connectivity index (χ1v) is 7.80. The van der Waals surface area contributed by atoms with E-state index < -0.39 is 0 Å². The van der Waals surface area contributed by atoms with E-state index in [1.807, 2.05) is 5.38 Å². The van der Waals surface area contributed by atoms with Crippen LogP contribution in [-0.2, 0) is 12.8 Å². The molecule has 0 saturated carbocycles. The molecule has 104 valence electrons. The summed E-state index contributed by atoms with van der Waals surface area (Å²) >= 11 is 7.53. The SMILES string of the molecule is O=C(Nc1cc(Cl)ccc1O)c1csc2c1CCCC2. The third-order valence-electron chi connectivity index (χ3n) is 3.51. The molecule has 0 bridgehead atoms. The number of amides is 1. The van der Waals surface area contributed by atoms with Gasteiger partial charge >= 0.3 is 0 Å². The average Bonchev–Trinajstić information content (AvgIpc) is 2.87. The van der Waals surface area contributed by atoms with Gasteiger partial charge in [0, 0.05) is 15.3 Å². The molecule has 0 saturated heterocycles. The van der Waals surface area contributed by atoms with Gasteiger partial charge in [-0.15, -0.1) is 11.3 Å². The number of anilines is 1. The van der Waals surface area contributed by atoms with Crippen molar-refractivity contribution in [1.29, 1.82) is 0 Å². The molecule has 1 aliphatic carbocycles. The molecule has 3 nitrogen and oxygen atoms in total. The van der Waals surface area contributed by atoms with Crippen molar-refractivity contribution in [3.8, 4) is 5.75 Å². The van der Waals surface area contributed by atoms with Crippen LogP contribution in [-0.4, -0.2) is 11.0 Å². The number of carbonyl (C=O) groups excluding carboxylic acids is 1. The Balaban J connectivity index is 1.86. The van der Waals surface area contributed by atoms with Gasteiger partial charge in [0.2, 0.25) is 0 Å². The van der Waals surface area contributed by atoms with Crippen LogP contribution in [0.15, 0.2) is 23.6 Å². The van der Waals surface area contributed by atoms with Crippen LogP contribution in [0.1, 0.15) is 33.6 Å². The molecule has 1 aromatic heterocycles. The second kappa shape index (κ2) is 5.46. The largest absolute Gasteiger partial charge is 0.506 e. The molecule has 1 amide bonds. The van der Waals surface area contributed by atoms with E-state index in [-0.39, 0.29) is 11.7 Å². The minimum atomic E-state index is -0.179. The molecule has 1 heterocycles. The molecule has 2 aromatic rings. The first kappa shape index (κ1) is 13.5. The summed E-state index contributed by atoms with van der Waals surface area (Å²) in [6.07, 6.45) is 4.36. The van der Waals surface area contributed by atoms with Crippen LogP contribution in [0, 0.1) is 0 Å². The van der Waals surface area contributed by atoms with Gasteiger partial charge in [0.25, 0.3) is 5.91 Å². The molecule has 0 fully saturated rings. The molecule has 20 heavy (non-hydrogen) atoms. The van der Waals surface area contributed by atoms with E-state index >= 15 is 0 Å². The van der Waals surface area contributed by atoms with Gasteiger partial charge in [-0.1, -0.05) is 11.6 Å². The van der Waals surface area contributed by atoms with E-state index in [4.69, 9.17) is 11.6 Å². The fraction of sp³-hybridized carbons (Fsp3) is 0.267.